The van der Waals surface area contributed by atoms with Gasteiger partial charge in [-0.15, -0.1) is 0 Å². The van der Waals surface area contributed by atoms with Crippen LogP contribution in [0.1, 0.15) is 13.8 Å². The Morgan fingerprint density at radius 2 is 2.05 bits per heavy atom. The molecular formula is C16H20BrN4O+. The van der Waals surface area contributed by atoms with E-state index in [4.69, 9.17) is 4.42 Å². The monoisotopic (exact) mass is 363 g/mol. The zero-order valence-electron chi connectivity index (χ0n) is 12.8. The highest BCUT2D eigenvalue weighted by molar-refractivity contribution is 9.10. The molecule has 0 radical (unpaired) electrons. The SMILES string of the molecule is CC[NH+](CC)CCNc1ncnc2c1oc1ccc(Br)cc12. The molecule has 0 aliphatic heterocycles. The number of nitrogens with one attached hydrogen (secondary N) is 2. The summed E-state index contributed by atoms with van der Waals surface area (Å²) in [7, 11) is 0. The Balaban J connectivity index is 1.89. The second-order valence-electron chi connectivity index (χ2n) is 5.28. The van der Waals surface area contributed by atoms with E-state index in [0.717, 1.165) is 58.5 Å². The van der Waals surface area contributed by atoms with Gasteiger partial charge in [-0.2, -0.15) is 0 Å². The molecule has 116 valence electrons. The molecule has 0 saturated carbocycles. The van der Waals surface area contributed by atoms with Crippen molar-refractivity contribution in [3.63, 3.8) is 0 Å². The fourth-order valence-electron chi connectivity index (χ4n) is 2.64. The Kier molecular flexibility index (Phi) is 4.59. The Bertz CT molecular complexity index is 782. The molecule has 0 aliphatic carbocycles. The van der Waals surface area contributed by atoms with Crippen molar-refractivity contribution in [1.29, 1.82) is 0 Å². The predicted molar refractivity (Wildman–Crippen MR) is 92.4 cm³/mol. The smallest absolute Gasteiger partial charge is 0.196 e. The first-order valence-electron chi connectivity index (χ1n) is 7.63. The van der Waals surface area contributed by atoms with E-state index < -0.39 is 0 Å². The maximum absolute atomic E-state index is 5.93. The Morgan fingerprint density at radius 1 is 1.23 bits per heavy atom. The number of furan rings is 1. The van der Waals surface area contributed by atoms with Gasteiger partial charge in [0, 0.05) is 9.86 Å². The highest BCUT2D eigenvalue weighted by atomic mass is 79.9. The topological polar surface area (TPSA) is 55.4 Å². The first-order valence-corrected chi connectivity index (χ1v) is 8.42. The Hall–Kier alpha value is -1.66. The van der Waals surface area contributed by atoms with Crippen LogP contribution >= 0.6 is 15.9 Å². The van der Waals surface area contributed by atoms with E-state index >= 15 is 0 Å². The highest BCUT2D eigenvalue weighted by Gasteiger charge is 2.13. The van der Waals surface area contributed by atoms with E-state index in [2.05, 4.69) is 45.1 Å². The standard InChI is InChI=1S/C16H19BrN4O/c1-3-21(4-2)8-7-18-16-15-14(19-10-20-16)12-9-11(17)5-6-13(12)22-15/h5-6,9-10H,3-4,7-8H2,1-2H3,(H,18,19,20)/p+1. The maximum Gasteiger partial charge on any atom is 0.196 e. The fraction of sp³-hybridized carbons (Fsp3) is 0.375. The van der Waals surface area contributed by atoms with Crippen molar-refractivity contribution in [3.05, 3.63) is 29.0 Å². The van der Waals surface area contributed by atoms with Crippen LogP contribution in [0.25, 0.3) is 22.1 Å². The number of anilines is 1. The van der Waals surface area contributed by atoms with Crippen LogP contribution in [0.4, 0.5) is 5.82 Å². The average Bonchev–Trinajstić information content (AvgIpc) is 2.90. The molecule has 1 aromatic carbocycles. The van der Waals surface area contributed by atoms with Crippen LogP contribution in [0.2, 0.25) is 0 Å². The fourth-order valence-corrected chi connectivity index (χ4v) is 3.00. The normalized spacial score (nSPS) is 11.6. The van der Waals surface area contributed by atoms with Gasteiger partial charge >= 0.3 is 0 Å². The van der Waals surface area contributed by atoms with Gasteiger partial charge in [0.25, 0.3) is 0 Å². The number of aromatic nitrogens is 2. The molecule has 22 heavy (non-hydrogen) atoms. The minimum absolute atomic E-state index is 0.727. The molecule has 0 aliphatic rings. The van der Waals surface area contributed by atoms with Crippen LogP contribution in [0.3, 0.4) is 0 Å². The van der Waals surface area contributed by atoms with Crippen LogP contribution in [-0.2, 0) is 0 Å². The van der Waals surface area contributed by atoms with Gasteiger partial charge in [-0.1, -0.05) is 15.9 Å². The lowest BCUT2D eigenvalue weighted by Crippen LogP contribution is -3.12. The second kappa shape index (κ2) is 6.62. The summed E-state index contributed by atoms with van der Waals surface area (Å²) >= 11 is 3.49. The van der Waals surface area contributed by atoms with Gasteiger partial charge in [-0.25, -0.2) is 9.97 Å². The molecule has 3 rings (SSSR count). The zero-order valence-corrected chi connectivity index (χ0v) is 14.4. The number of quaternary nitrogens is 1. The predicted octanol–water partition coefficient (Wildman–Crippen LogP) is 2.48. The summed E-state index contributed by atoms with van der Waals surface area (Å²) in [5.74, 6) is 0.767. The number of benzene rings is 1. The second-order valence-corrected chi connectivity index (χ2v) is 6.19. The number of rotatable bonds is 6. The van der Waals surface area contributed by atoms with Gasteiger partial charge in [0.15, 0.2) is 11.4 Å². The van der Waals surface area contributed by atoms with Gasteiger partial charge in [0.05, 0.1) is 26.2 Å². The number of likely N-dealkylation sites (N-methyl/N-ethyl adjacent to an activating group) is 1. The van der Waals surface area contributed by atoms with Crippen LogP contribution in [0, 0.1) is 0 Å². The maximum atomic E-state index is 5.93. The van der Waals surface area contributed by atoms with Crippen molar-refractivity contribution in [2.24, 2.45) is 0 Å². The summed E-state index contributed by atoms with van der Waals surface area (Å²) < 4.78 is 6.95. The lowest BCUT2D eigenvalue weighted by atomic mass is 10.2. The van der Waals surface area contributed by atoms with Gasteiger partial charge in [-0.05, 0) is 32.0 Å². The van der Waals surface area contributed by atoms with Crippen molar-refractivity contribution in [3.8, 4) is 0 Å². The number of nitrogens with zero attached hydrogens (tertiary/aromatic N) is 2. The molecule has 5 nitrogen and oxygen atoms in total. The number of halogens is 1. The van der Waals surface area contributed by atoms with Gasteiger partial charge < -0.3 is 14.6 Å². The Labute approximate surface area is 137 Å². The molecule has 0 spiro atoms. The van der Waals surface area contributed by atoms with Crippen molar-refractivity contribution >= 4 is 43.8 Å². The molecule has 2 aromatic heterocycles. The Morgan fingerprint density at radius 3 is 2.82 bits per heavy atom. The summed E-state index contributed by atoms with van der Waals surface area (Å²) in [4.78, 5) is 10.3. The van der Waals surface area contributed by atoms with Gasteiger partial charge in [0.2, 0.25) is 0 Å². The van der Waals surface area contributed by atoms with Crippen molar-refractivity contribution in [2.45, 2.75) is 13.8 Å². The third kappa shape index (κ3) is 2.94. The molecule has 0 bridgehead atoms. The molecular weight excluding hydrogens is 344 g/mol. The lowest BCUT2D eigenvalue weighted by molar-refractivity contribution is -0.894. The van der Waals surface area contributed by atoms with E-state index in [9.17, 15) is 0 Å². The van der Waals surface area contributed by atoms with E-state index in [1.807, 2.05) is 18.2 Å². The summed E-state index contributed by atoms with van der Waals surface area (Å²) in [6.45, 7) is 8.61. The molecule has 0 fully saturated rings. The first kappa shape index (κ1) is 15.2. The molecule has 0 amide bonds. The number of hydrogen-bond donors (Lipinski definition) is 2. The van der Waals surface area contributed by atoms with E-state index in [0.29, 0.717) is 0 Å². The van der Waals surface area contributed by atoms with Crippen LogP contribution in [0.15, 0.2) is 33.4 Å². The van der Waals surface area contributed by atoms with Gasteiger partial charge in [0.1, 0.15) is 17.4 Å². The summed E-state index contributed by atoms with van der Waals surface area (Å²) in [5.41, 5.74) is 2.41. The quantitative estimate of drug-likeness (QED) is 0.706. The van der Waals surface area contributed by atoms with Crippen LogP contribution < -0.4 is 10.2 Å². The van der Waals surface area contributed by atoms with E-state index in [1.165, 1.54) is 0 Å². The minimum Gasteiger partial charge on any atom is -0.450 e. The largest absolute Gasteiger partial charge is 0.450 e. The van der Waals surface area contributed by atoms with Crippen molar-refractivity contribution in [1.82, 2.24) is 9.97 Å². The molecule has 0 saturated heterocycles. The van der Waals surface area contributed by atoms with Crippen molar-refractivity contribution < 1.29 is 9.32 Å². The molecule has 0 unspecified atom stereocenters. The molecule has 2 N–H and O–H groups in total. The van der Waals surface area contributed by atoms with E-state index in [1.54, 1.807) is 11.2 Å². The third-order valence-electron chi connectivity index (χ3n) is 3.98. The molecule has 2 heterocycles. The number of fused-ring (bicyclic) bond motifs is 3. The molecule has 6 heteroatoms. The van der Waals surface area contributed by atoms with E-state index in [-0.39, 0.29) is 0 Å². The molecule has 3 aromatic rings. The molecule has 0 atom stereocenters. The summed E-state index contributed by atoms with van der Waals surface area (Å²) in [6.07, 6.45) is 1.59. The van der Waals surface area contributed by atoms with Crippen LogP contribution in [-0.4, -0.2) is 36.1 Å². The zero-order chi connectivity index (χ0) is 15.5. The lowest BCUT2D eigenvalue weighted by Gasteiger charge is -2.15. The van der Waals surface area contributed by atoms with Crippen LogP contribution in [0.5, 0.6) is 0 Å². The highest BCUT2D eigenvalue weighted by Crippen LogP contribution is 2.32. The minimum atomic E-state index is 0.727. The first-order chi connectivity index (χ1) is 10.7. The average molecular weight is 364 g/mol. The summed E-state index contributed by atoms with van der Waals surface area (Å²) in [5, 5.41) is 4.39. The number of hydrogen-bond acceptors (Lipinski definition) is 4. The van der Waals surface area contributed by atoms with Gasteiger partial charge in [-0.3, -0.25) is 0 Å². The summed E-state index contributed by atoms with van der Waals surface area (Å²) in [6, 6.07) is 5.94. The third-order valence-corrected chi connectivity index (χ3v) is 4.48. The van der Waals surface area contributed by atoms with Crippen molar-refractivity contribution in [2.75, 3.05) is 31.5 Å².